The van der Waals surface area contributed by atoms with E-state index >= 15 is 0 Å². The van der Waals surface area contributed by atoms with Crippen LogP contribution < -0.4 is 4.74 Å². The van der Waals surface area contributed by atoms with Gasteiger partial charge in [0, 0.05) is 45.8 Å². The van der Waals surface area contributed by atoms with Crippen molar-refractivity contribution < 1.29 is 44.7 Å². The fraction of sp³-hybridized carbons (Fsp3) is 0.579. The lowest BCUT2D eigenvalue weighted by Crippen LogP contribution is -2.44. The van der Waals surface area contributed by atoms with E-state index in [0.29, 0.717) is 24.5 Å². The Hall–Kier alpha value is -2.84. The minimum absolute atomic E-state index is 0.0452. The molecular formula is C19H28N4O9. The Labute approximate surface area is 184 Å². The predicted molar refractivity (Wildman–Crippen MR) is 108 cm³/mol. The van der Waals surface area contributed by atoms with Crippen molar-refractivity contribution in [1.82, 2.24) is 19.7 Å². The molecule has 1 aromatic rings. The highest BCUT2D eigenvalue weighted by Gasteiger charge is 2.21. The molecule has 32 heavy (non-hydrogen) atoms. The Morgan fingerprint density at radius 2 is 1.44 bits per heavy atom. The molecule has 0 radical (unpaired) electrons. The number of fused-ring (bicyclic) bond motifs is 2. The first-order valence-corrected chi connectivity index (χ1v) is 9.92. The van der Waals surface area contributed by atoms with Gasteiger partial charge in [0.05, 0.1) is 24.5 Å². The number of hydrogen-bond acceptors (Lipinski definition) is 10. The lowest BCUT2D eigenvalue weighted by atomic mass is 10.2. The Kier molecular flexibility index (Phi) is 9.74. The molecule has 0 aliphatic carbocycles. The molecule has 13 heteroatoms. The molecule has 13 nitrogen and oxygen atoms in total. The maximum atomic E-state index is 11.3. The summed E-state index contributed by atoms with van der Waals surface area (Å²) in [5, 5.41) is 46.2. The number of carbonyl (C=O) groups is 3. The van der Waals surface area contributed by atoms with Crippen molar-refractivity contribution in [2.45, 2.75) is 19.4 Å². The fourth-order valence-corrected chi connectivity index (χ4v) is 3.35. The minimum Gasteiger partial charge on any atom is -0.480 e. The average molecular weight is 456 g/mol. The molecule has 1 aromatic heterocycles. The predicted octanol–water partition coefficient (Wildman–Crippen LogP) is -2.06. The molecule has 0 amide bonds. The van der Waals surface area contributed by atoms with Gasteiger partial charge in [-0.05, 0) is 12.1 Å². The Balaban J connectivity index is 2.37. The van der Waals surface area contributed by atoms with Gasteiger partial charge in [-0.15, -0.1) is 0 Å². The number of aliphatic hydroxyl groups is 2. The zero-order chi connectivity index (χ0) is 23.7. The molecule has 2 rings (SSSR count). The number of carboxylic acids is 3. The van der Waals surface area contributed by atoms with Crippen LogP contribution in [0.1, 0.15) is 11.4 Å². The third-order valence-electron chi connectivity index (χ3n) is 4.70. The monoisotopic (exact) mass is 456 g/mol. The van der Waals surface area contributed by atoms with Crippen molar-refractivity contribution in [2.75, 3.05) is 52.4 Å². The van der Waals surface area contributed by atoms with Crippen molar-refractivity contribution in [3.05, 3.63) is 23.5 Å². The third-order valence-corrected chi connectivity index (χ3v) is 4.70. The SMILES string of the molecule is O=C(O)COc1ccc2nc1CN(CC(=O)O)CCN(CC(O)O)CCN(CC(=O)O)C2. The average Bonchev–Trinajstić information content (AvgIpc) is 2.67. The first kappa shape index (κ1) is 25.4. The van der Waals surface area contributed by atoms with Crippen LogP contribution >= 0.6 is 0 Å². The summed E-state index contributed by atoms with van der Waals surface area (Å²) in [4.78, 5) is 42.9. The molecule has 0 unspecified atom stereocenters. The summed E-state index contributed by atoms with van der Waals surface area (Å²) in [6, 6.07) is 3.14. The smallest absolute Gasteiger partial charge is 0.341 e. The molecule has 0 atom stereocenters. The summed E-state index contributed by atoms with van der Waals surface area (Å²) >= 11 is 0. The summed E-state index contributed by atoms with van der Waals surface area (Å²) < 4.78 is 5.30. The first-order valence-electron chi connectivity index (χ1n) is 9.92. The first-order chi connectivity index (χ1) is 15.1. The fourth-order valence-electron chi connectivity index (χ4n) is 3.35. The summed E-state index contributed by atoms with van der Waals surface area (Å²) in [7, 11) is 0. The summed E-state index contributed by atoms with van der Waals surface area (Å²) in [5.41, 5.74) is 0.836. The lowest BCUT2D eigenvalue weighted by Gasteiger charge is -2.30. The number of aromatic nitrogens is 1. The van der Waals surface area contributed by atoms with E-state index < -0.39 is 30.8 Å². The van der Waals surface area contributed by atoms with Crippen molar-refractivity contribution >= 4 is 17.9 Å². The normalized spacial score (nSPS) is 16.8. The zero-order valence-corrected chi connectivity index (χ0v) is 17.5. The number of rotatable bonds is 9. The Bertz CT molecular complexity index is 805. The van der Waals surface area contributed by atoms with Crippen LogP contribution in [0.15, 0.2) is 12.1 Å². The molecule has 2 bridgehead atoms. The summed E-state index contributed by atoms with van der Waals surface area (Å²) in [5.74, 6) is -3.08. The third kappa shape index (κ3) is 9.11. The van der Waals surface area contributed by atoms with E-state index in [1.807, 2.05) is 0 Å². The van der Waals surface area contributed by atoms with Crippen LogP contribution in [0.3, 0.4) is 0 Å². The maximum Gasteiger partial charge on any atom is 0.341 e. The maximum absolute atomic E-state index is 11.3. The van der Waals surface area contributed by atoms with E-state index in [2.05, 4.69) is 4.98 Å². The van der Waals surface area contributed by atoms with E-state index in [1.165, 1.54) is 0 Å². The molecule has 0 aromatic carbocycles. The molecule has 1 aliphatic heterocycles. The van der Waals surface area contributed by atoms with E-state index in [4.69, 9.17) is 9.84 Å². The summed E-state index contributed by atoms with van der Waals surface area (Å²) in [6.07, 6.45) is -1.60. The molecule has 0 saturated heterocycles. The zero-order valence-electron chi connectivity index (χ0n) is 17.5. The number of hydrogen-bond donors (Lipinski definition) is 5. The molecule has 5 N–H and O–H groups in total. The van der Waals surface area contributed by atoms with Gasteiger partial charge in [0.25, 0.3) is 0 Å². The number of nitrogens with zero attached hydrogens (tertiary/aromatic N) is 4. The lowest BCUT2D eigenvalue weighted by molar-refractivity contribution is -0.140. The van der Waals surface area contributed by atoms with E-state index in [0.717, 1.165) is 0 Å². The van der Waals surface area contributed by atoms with E-state index in [9.17, 15) is 34.8 Å². The van der Waals surface area contributed by atoms with Crippen LogP contribution in [0.2, 0.25) is 0 Å². The van der Waals surface area contributed by atoms with Gasteiger partial charge in [-0.1, -0.05) is 0 Å². The van der Waals surface area contributed by atoms with Crippen LogP contribution in [0.4, 0.5) is 0 Å². The van der Waals surface area contributed by atoms with Gasteiger partial charge in [-0.2, -0.15) is 0 Å². The Morgan fingerprint density at radius 1 is 0.875 bits per heavy atom. The number of pyridine rings is 1. The van der Waals surface area contributed by atoms with Crippen LogP contribution in [-0.2, 0) is 27.5 Å². The quantitative estimate of drug-likeness (QED) is 0.256. The number of ether oxygens (including phenoxy) is 1. The van der Waals surface area contributed by atoms with Crippen LogP contribution in [0.5, 0.6) is 5.75 Å². The second-order valence-electron chi connectivity index (χ2n) is 7.42. The van der Waals surface area contributed by atoms with Gasteiger partial charge in [-0.3, -0.25) is 29.3 Å². The molecule has 0 fully saturated rings. The van der Waals surface area contributed by atoms with Gasteiger partial charge < -0.3 is 30.3 Å². The molecule has 0 saturated carbocycles. The van der Waals surface area contributed by atoms with Gasteiger partial charge in [-0.25, -0.2) is 4.79 Å². The molecular weight excluding hydrogens is 428 g/mol. The van der Waals surface area contributed by atoms with E-state index in [1.54, 1.807) is 26.8 Å². The van der Waals surface area contributed by atoms with E-state index in [-0.39, 0.29) is 51.6 Å². The second-order valence-corrected chi connectivity index (χ2v) is 7.42. The standard InChI is InChI=1S/C19H28N4O9/c24-16(25)9-21-3-5-22(10-17(26)27)7-13-1-2-15(32-12-19(30)31)14(20-13)8-23(6-4-21)11-18(28)29/h1-2,16,24-25H,3-12H2,(H,26,27)(H,28,29)(H,30,31). The molecule has 178 valence electrons. The highest BCUT2D eigenvalue weighted by molar-refractivity contribution is 5.69. The van der Waals surface area contributed by atoms with Crippen molar-refractivity contribution in [3.8, 4) is 5.75 Å². The van der Waals surface area contributed by atoms with Crippen molar-refractivity contribution in [3.63, 3.8) is 0 Å². The van der Waals surface area contributed by atoms with Gasteiger partial charge in [0.2, 0.25) is 0 Å². The number of β-amino-alcohol motifs (C(OH)–C–C–N with tert-alkyl or cyclic N) is 2. The van der Waals surface area contributed by atoms with Gasteiger partial charge in [0.1, 0.15) is 5.75 Å². The largest absolute Gasteiger partial charge is 0.480 e. The molecule has 0 spiro atoms. The summed E-state index contributed by atoms with van der Waals surface area (Å²) in [6.45, 7) is 0.124. The minimum atomic E-state index is -1.60. The highest BCUT2D eigenvalue weighted by Crippen LogP contribution is 2.20. The van der Waals surface area contributed by atoms with Crippen molar-refractivity contribution in [2.24, 2.45) is 0 Å². The topological polar surface area (TPSA) is 184 Å². The van der Waals surface area contributed by atoms with Crippen LogP contribution in [0, 0.1) is 0 Å². The van der Waals surface area contributed by atoms with Crippen molar-refractivity contribution in [1.29, 1.82) is 0 Å². The van der Waals surface area contributed by atoms with Crippen LogP contribution in [-0.4, -0.2) is 122 Å². The number of aliphatic carboxylic acids is 3. The Morgan fingerprint density at radius 3 is 1.97 bits per heavy atom. The van der Waals surface area contributed by atoms with Gasteiger partial charge in [0.15, 0.2) is 12.9 Å². The molecule has 2 heterocycles. The molecule has 1 aliphatic rings. The highest BCUT2D eigenvalue weighted by atomic mass is 16.5. The number of carboxylic acid groups (broad SMARTS) is 3. The van der Waals surface area contributed by atoms with Crippen LogP contribution in [0.25, 0.3) is 0 Å². The van der Waals surface area contributed by atoms with Gasteiger partial charge >= 0.3 is 17.9 Å². The number of aliphatic hydroxyl groups excluding tert-OH is 1. The second kappa shape index (κ2) is 12.3.